The van der Waals surface area contributed by atoms with Crippen LogP contribution in [0.2, 0.25) is 0 Å². The van der Waals surface area contributed by atoms with Crippen LogP contribution in [0.15, 0.2) is 12.7 Å². The van der Waals surface area contributed by atoms with Crippen molar-refractivity contribution in [2.45, 2.75) is 13.8 Å². The summed E-state index contributed by atoms with van der Waals surface area (Å²) in [4.78, 5) is 9.47. The van der Waals surface area contributed by atoms with E-state index in [-0.39, 0.29) is 12.5 Å². The number of hydrogen-bond acceptors (Lipinski definition) is 4. The highest BCUT2D eigenvalue weighted by atomic mass is 32.3. The molecule has 0 aromatic heterocycles. The molecule has 0 aliphatic heterocycles. The molecule has 0 aromatic carbocycles. The molecule has 0 fully saturated rings. The van der Waals surface area contributed by atoms with Crippen LogP contribution >= 0.6 is 0 Å². The molecule has 0 aliphatic carbocycles. The van der Waals surface area contributed by atoms with Crippen molar-refractivity contribution in [1.82, 2.24) is 0 Å². The molecular formula is C7H15NO5S. The van der Waals surface area contributed by atoms with Crippen molar-refractivity contribution in [3.8, 4) is 0 Å². The zero-order valence-electron chi connectivity index (χ0n) is 8.13. The maximum atomic E-state index is 9.87. The molecular weight excluding hydrogens is 210 g/mol. The normalized spacial score (nSPS) is 10.3. The highest BCUT2D eigenvalue weighted by Gasteiger charge is 2.04. The summed E-state index contributed by atoms with van der Waals surface area (Å²) < 4.78 is 31.8. The molecule has 0 aromatic rings. The second-order valence-corrected chi connectivity index (χ2v) is 3.80. The van der Waals surface area contributed by atoms with Crippen molar-refractivity contribution in [3.63, 3.8) is 0 Å². The molecule has 0 heterocycles. The fourth-order valence-corrected chi connectivity index (χ4v) is 0.666. The topological polar surface area (TPSA) is 107 Å². The smallest absolute Gasteiger partial charge is 0.366 e. The van der Waals surface area contributed by atoms with Crippen LogP contribution in [0.1, 0.15) is 13.8 Å². The highest BCUT2D eigenvalue weighted by Crippen LogP contribution is 1.95. The van der Waals surface area contributed by atoms with Crippen molar-refractivity contribution in [1.29, 1.82) is 0 Å². The predicted octanol–water partition coefficient (Wildman–Crippen LogP) is 0.120. The molecule has 84 valence electrons. The Balaban J connectivity index is 0. The number of carbonyl (C=O) groups excluding carboxylic acids is 1. The van der Waals surface area contributed by atoms with E-state index in [0.717, 1.165) is 6.08 Å². The quantitative estimate of drug-likeness (QED) is 0.522. The van der Waals surface area contributed by atoms with Crippen LogP contribution in [0.25, 0.3) is 0 Å². The van der Waals surface area contributed by atoms with Crippen molar-refractivity contribution in [3.05, 3.63) is 12.7 Å². The van der Waals surface area contributed by atoms with E-state index in [1.54, 1.807) is 13.8 Å². The third kappa shape index (κ3) is 22.5. The Morgan fingerprint density at radius 1 is 1.64 bits per heavy atom. The Morgan fingerprint density at radius 3 is 2.07 bits per heavy atom. The van der Waals surface area contributed by atoms with Gasteiger partial charge in [-0.3, -0.25) is 9.35 Å². The summed E-state index contributed by atoms with van der Waals surface area (Å²) >= 11 is 0. The SMILES string of the molecule is C=CC(N)=O.CC(C)COS(=O)(=O)O. The first kappa shape index (κ1) is 15.5. The number of nitrogens with two attached hydrogens (primary N) is 1. The van der Waals surface area contributed by atoms with Gasteiger partial charge < -0.3 is 5.73 Å². The third-order valence-electron chi connectivity index (χ3n) is 0.751. The molecule has 0 rings (SSSR count). The van der Waals surface area contributed by atoms with E-state index >= 15 is 0 Å². The van der Waals surface area contributed by atoms with Crippen molar-refractivity contribution in [2.75, 3.05) is 6.61 Å². The number of carbonyl (C=O) groups is 1. The Kier molecular flexibility index (Phi) is 8.31. The minimum Gasteiger partial charge on any atom is -0.366 e. The van der Waals surface area contributed by atoms with Gasteiger partial charge in [-0.25, -0.2) is 4.18 Å². The average molecular weight is 225 g/mol. The molecule has 0 aliphatic rings. The summed E-state index contributed by atoms with van der Waals surface area (Å²) in [6.07, 6.45) is 1.06. The molecule has 0 unspecified atom stereocenters. The van der Waals surface area contributed by atoms with Crippen LogP contribution in [-0.2, 0) is 19.4 Å². The first-order valence-corrected chi connectivity index (χ1v) is 5.09. The summed E-state index contributed by atoms with van der Waals surface area (Å²) in [6, 6.07) is 0. The maximum absolute atomic E-state index is 9.87. The van der Waals surface area contributed by atoms with Crippen LogP contribution in [0.5, 0.6) is 0 Å². The molecule has 0 atom stereocenters. The number of rotatable bonds is 4. The third-order valence-corrected chi connectivity index (χ3v) is 1.19. The zero-order valence-corrected chi connectivity index (χ0v) is 8.95. The van der Waals surface area contributed by atoms with Crippen molar-refractivity contribution < 1.29 is 21.9 Å². The maximum Gasteiger partial charge on any atom is 0.397 e. The van der Waals surface area contributed by atoms with Gasteiger partial charge in [-0.05, 0) is 12.0 Å². The minimum absolute atomic E-state index is 0.0266. The molecule has 0 saturated heterocycles. The van der Waals surface area contributed by atoms with Gasteiger partial charge in [0.2, 0.25) is 5.91 Å². The van der Waals surface area contributed by atoms with Gasteiger partial charge in [-0.1, -0.05) is 20.4 Å². The Morgan fingerprint density at radius 2 is 2.00 bits per heavy atom. The summed E-state index contributed by atoms with van der Waals surface area (Å²) in [5.74, 6) is -0.378. The highest BCUT2D eigenvalue weighted by molar-refractivity contribution is 7.80. The average Bonchev–Trinajstić information content (AvgIpc) is 2.01. The van der Waals surface area contributed by atoms with E-state index in [2.05, 4.69) is 16.5 Å². The number of primary amides is 1. The van der Waals surface area contributed by atoms with Crippen molar-refractivity contribution in [2.24, 2.45) is 11.7 Å². The minimum atomic E-state index is -4.22. The predicted molar refractivity (Wildman–Crippen MR) is 51.7 cm³/mol. The van der Waals surface area contributed by atoms with E-state index in [9.17, 15) is 13.2 Å². The van der Waals surface area contributed by atoms with Gasteiger partial charge in [-0.2, -0.15) is 8.42 Å². The molecule has 0 bridgehead atoms. The Bertz CT molecular complexity index is 270. The molecule has 6 nitrogen and oxygen atoms in total. The second-order valence-electron chi connectivity index (χ2n) is 2.71. The van der Waals surface area contributed by atoms with Crippen LogP contribution < -0.4 is 5.73 Å². The summed E-state index contributed by atoms with van der Waals surface area (Å²) in [6.45, 7) is 6.68. The summed E-state index contributed by atoms with van der Waals surface area (Å²) in [7, 11) is -4.22. The molecule has 3 N–H and O–H groups in total. The van der Waals surface area contributed by atoms with Gasteiger partial charge in [0.05, 0.1) is 6.61 Å². The number of hydrogen-bond donors (Lipinski definition) is 2. The molecule has 14 heavy (non-hydrogen) atoms. The monoisotopic (exact) mass is 225 g/mol. The fraction of sp³-hybridized carbons (Fsp3) is 0.571. The van der Waals surface area contributed by atoms with Gasteiger partial charge in [-0.15, -0.1) is 0 Å². The first-order chi connectivity index (χ1) is 6.19. The van der Waals surface area contributed by atoms with Gasteiger partial charge in [0, 0.05) is 0 Å². The van der Waals surface area contributed by atoms with Gasteiger partial charge >= 0.3 is 10.4 Å². The van der Waals surface area contributed by atoms with Crippen molar-refractivity contribution >= 4 is 16.3 Å². The lowest BCUT2D eigenvalue weighted by molar-refractivity contribution is -0.113. The Labute approximate surface area is 83.7 Å². The largest absolute Gasteiger partial charge is 0.397 e. The molecule has 7 heteroatoms. The van der Waals surface area contributed by atoms with Gasteiger partial charge in [0.25, 0.3) is 0 Å². The molecule has 0 spiro atoms. The summed E-state index contributed by atoms with van der Waals surface area (Å²) in [5, 5.41) is 0. The van der Waals surface area contributed by atoms with E-state index in [1.165, 1.54) is 0 Å². The molecule has 1 amide bonds. The van der Waals surface area contributed by atoms with Crippen LogP contribution in [0.4, 0.5) is 0 Å². The van der Waals surface area contributed by atoms with E-state index in [0.29, 0.717) is 0 Å². The Hall–Kier alpha value is -0.920. The zero-order chi connectivity index (χ0) is 11.8. The van der Waals surface area contributed by atoms with E-state index in [1.807, 2.05) is 0 Å². The first-order valence-electron chi connectivity index (χ1n) is 3.72. The lowest BCUT2D eigenvalue weighted by atomic mass is 10.2. The molecule has 0 saturated carbocycles. The van der Waals surface area contributed by atoms with E-state index < -0.39 is 16.3 Å². The van der Waals surface area contributed by atoms with Gasteiger partial charge in [0.1, 0.15) is 0 Å². The molecule has 0 radical (unpaired) electrons. The second kappa shape index (κ2) is 7.48. The standard InChI is InChI=1S/C4H10O4S.C3H5NO/c1-4(2)3-8-9(5,6)7;1-2-3(4)5/h4H,3H2,1-2H3,(H,5,6,7);2H,1H2,(H2,4,5). The lowest BCUT2D eigenvalue weighted by Gasteiger charge is -2.00. The van der Waals surface area contributed by atoms with Gasteiger partial charge in [0.15, 0.2) is 0 Å². The number of amides is 1. The lowest BCUT2D eigenvalue weighted by Crippen LogP contribution is -2.08. The van der Waals surface area contributed by atoms with Crippen LogP contribution in [0.3, 0.4) is 0 Å². The van der Waals surface area contributed by atoms with Crippen LogP contribution in [-0.4, -0.2) is 25.5 Å². The summed E-state index contributed by atoms with van der Waals surface area (Å²) in [5.41, 5.74) is 4.53. The fourth-order valence-electron chi connectivity index (χ4n) is 0.222. The van der Waals surface area contributed by atoms with E-state index in [4.69, 9.17) is 4.55 Å². The van der Waals surface area contributed by atoms with Crippen LogP contribution in [0, 0.1) is 5.92 Å².